The van der Waals surface area contributed by atoms with Crippen LogP contribution in [0.5, 0.6) is 0 Å². The summed E-state index contributed by atoms with van der Waals surface area (Å²) < 4.78 is 1.05. The number of hydrogen-bond acceptors (Lipinski definition) is 2. The van der Waals surface area contributed by atoms with Gasteiger partial charge in [-0.25, -0.2) is 0 Å². The van der Waals surface area contributed by atoms with Crippen molar-refractivity contribution < 1.29 is 0 Å². The first-order valence-corrected chi connectivity index (χ1v) is 5.21. The van der Waals surface area contributed by atoms with Crippen LogP contribution in [0, 0.1) is 5.92 Å². The highest BCUT2D eigenvalue weighted by Crippen LogP contribution is 2.23. The van der Waals surface area contributed by atoms with Crippen LogP contribution in [0.4, 0.5) is 5.69 Å². The fourth-order valence-electron chi connectivity index (χ4n) is 1.32. The van der Waals surface area contributed by atoms with Gasteiger partial charge < -0.3 is 4.90 Å². The molecular weight excluding hydrogens is 228 g/mol. The second-order valence-corrected chi connectivity index (χ2v) is 4.46. The monoisotopic (exact) mass is 242 g/mol. The Morgan fingerprint density at radius 3 is 2.77 bits per heavy atom. The molecular formula is C10H15BrN2. The molecule has 0 bridgehead atoms. The Morgan fingerprint density at radius 2 is 2.23 bits per heavy atom. The first kappa shape index (κ1) is 10.5. The maximum absolute atomic E-state index is 4.03. The van der Waals surface area contributed by atoms with Gasteiger partial charge in [-0.3, -0.25) is 4.98 Å². The van der Waals surface area contributed by atoms with E-state index in [4.69, 9.17) is 0 Å². The van der Waals surface area contributed by atoms with E-state index in [0.717, 1.165) is 11.0 Å². The van der Waals surface area contributed by atoms with Crippen molar-refractivity contribution in [2.75, 3.05) is 18.5 Å². The minimum absolute atomic E-state index is 0.671. The summed E-state index contributed by atoms with van der Waals surface area (Å²) in [6, 6.07) is 2.02. The van der Waals surface area contributed by atoms with Crippen LogP contribution in [-0.4, -0.2) is 18.6 Å². The molecule has 0 aromatic carbocycles. The SMILES string of the molecule is CC(C)CN(C)c1ccncc1Br. The molecule has 0 amide bonds. The zero-order valence-electron chi connectivity index (χ0n) is 8.29. The molecule has 0 radical (unpaired) electrons. The van der Waals surface area contributed by atoms with Gasteiger partial charge in [0.25, 0.3) is 0 Å². The van der Waals surface area contributed by atoms with Crippen LogP contribution in [0.25, 0.3) is 0 Å². The number of hydrogen-bond donors (Lipinski definition) is 0. The Labute approximate surface area is 88.1 Å². The molecule has 0 N–H and O–H groups in total. The van der Waals surface area contributed by atoms with E-state index in [1.54, 1.807) is 0 Å². The molecule has 2 nitrogen and oxygen atoms in total. The van der Waals surface area contributed by atoms with Gasteiger partial charge in [0.2, 0.25) is 0 Å². The molecule has 72 valence electrons. The Bertz CT molecular complexity index is 273. The summed E-state index contributed by atoms with van der Waals surface area (Å²) in [4.78, 5) is 6.27. The molecule has 1 aromatic rings. The third kappa shape index (κ3) is 2.99. The minimum Gasteiger partial charge on any atom is -0.373 e. The highest BCUT2D eigenvalue weighted by molar-refractivity contribution is 9.10. The maximum Gasteiger partial charge on any atom is 0.0592 e. The average Bonchev–Trinajstić information content (AvgIpc) is 2.03. The van der Waals surface area contributed by atoms with Gasteiger partial charge >= 0.3 is 0 Å². The van der Waals surface area contributed by atoms with Gasteiger partial charge in [0, 0.05) is 26.0 Å². The summed E-state index contributed by atoms with van der Waals surface area (Å²) in [6.07, 6.45) is 3.64. The highest BCUT2D eigenvalue weighted by Gasteiger charge is 2.06. The van der Waals surface area contributed by atoms with Crippen LogP contribution in [0.2, 0.25) is 0 Å². The zero-order valence-corrected chi connectivity index (χ0v) is 9.87. The number of anilines is 1. The highest BCUT2D eigenvalue weighted by atomic mass is 79.9. The van der Waals surface area contributed by atoms with E-state index in [1.807, 2.05) is 18.5 Å². The largest absolute Gasteiger partial charge is 0.373 e. The number of pyridine rings is 1. The zero-order chi connectivity index (χ0) is 9.84. The van der Waals surface area contributed by atoms with Crippen LogP contribution < -0.4 is 4.90 Å². The van der Waals surface area contributed by atoms with Crippen LogP contribution >= 0.6 is 15.9 Å². The molecule has 1 rings (SSSR count). The number of nitrogens with zero attached hydrogens (tertiary/aromatic N) is 2. The fourth-order valence-corrected chi connectivity index (χ4v) is 1.88. The molecule has 0 aliphatic rings. The second-order valence-electron chi connectivity index (χ2n) is 3.60. The van der Waals surface area contributed by atoms with E-state index < -0.39 is 0 Å². The molecule has 3 heteroatoms. The first-order chi connectivity index (χ1) is 6.11. The molecule has 1 heterocycles. The molecule has 13 heavy (non-hydrogen) atoms. The lowest BCUT2D eigenvalue weighted by molar-refractivity contribution is 0.638. The number of aromatic nitrogens is 1. The van der Waals surface area contributed by atoms with Gasteiger partial charge in [-0.15, -0.1) is 0 Å². The summed E-state index contributed by atoms with van der Waals surface area (Å²) in [5.41, 5.74) is 1.20. The van der Waals surface area contributed by atoms with E-state index in [0.29, 0.717) is 5.92 Å². The summed E-state index contributed by atoms with van der Waals surface area (Å²) in [5, 5.41) is 0. The normalized spacial score (nSPS) is 10.5. The smallest absolute Gasteiger partial charge is 0.0592 e. The van der Waals surface area contributed by atoms with Crippen molar-refractivity contribution in [2.24, 2.45) is 5.92 Å². The van der Waals surface area contributed by atoms with Crippen molar-refractivity contribution >= 4 is 21.6 Å². The lowest BCUT2D eigenvalue weighted by Crippen LogP contribution is -2.22. The molecule has 0 unspecified atom stereocenters. The Balaban J connectivity index is 2.76. The Kier molecular flexibility index (Phi) is 3.72. The van der Waals surface area contributed by atoms with Crippen molar-refractivity contribution in [1.29, 1.82) is 0 Å². The molecule has 0 spiro atoms. The van der Waals surface area contributed by atoms with Crippen LogP contribution in [0.3, 0.4) is 0 Å². The second kappa shape index (κ2) is 4.61. The van der Waals surface area contributed by atoms with Gasteiger partial charge in [0.1, 0.15) is 0 Å². The van der Waals surface area contributed by atoms with E-state index >= 15 is 0 Å². The summed E-state index contributed by atoms with van der Waals surface area (Å²) in [6.45, 7) is 5.49. The van der Waals surface area contributed by atoms with E-state index in [1.165, 1.54) is 5.69 Å². The molecule has 1 aromatic heterocycles. The predicted octanol–water partition coefficient (Wildman–Crippen LogP) is 2.94. The minimum atomic E-state index is 0.671. The molecule has 0 aliphatic heterocycles. The van der Waals surface area contributed by atoms with Gasteiger partial charge in [-0.1, -0.05) is 13.8 Å². The quantitative estimate of drug-likeness (QED) is 0.811. The van der Waals surface area contributed by atoms with Gasteiger partial charge in [-0.05, 0) is 27.9 Å². The molecule has 0 saturated heterocycles. The van der Waals surface area contributed by atoms with Crippen LogP contribution in [0.1, 0.15) is 13.8 Å². The summed E-state index contributed by atoms with van der Waals surface area (Å²) >= 11 is 3.48. The van der Waals surface area contributed by atoms with Crippen molar-refractivity contribution in [3.63, 3.8) is 0 Å². The average molecular weight is 243 g/mol. The molecule has 0 atom stereocenters. The Morgan fingerprint density at radius 1 is 1.54 bits per heavy atom. The third-order valence-corrected chi connectivity index (χ3v) is 2.41. The van der Waals surface area contributed by atoms with E-state index in [-0.39, 0.29) is 0 Å². The van der Waals surface area contributed by atoms with Gasteiger partial charge in [-0.2, -0.15) is 0 Å². The maximum atomic E-state index is 4.03. The number of rotatable bonds is 3. The van der Waals surface area contributed by atoms with Crippen molar-refractivity contribution in [2.45, 2.75) is 13.8 Å². The van der Waals surface area contributed by atoms with Crippen molar-refractivity contribution in [3.8, 4) is 0 Å². The van der Waals surface area contributed by atoms with Crippen molar-refractivity contribution in [3.05, 3.63) is 22.9 Å². The predicted molar refractivity (Wildman–Crippen MR) is 60.0 cm³/mol. The van der Waals surface area contributed by atoms with Gasteiger partial charge in [0.15, 0.2) is 0 Å². The van der Waals surface area contributed by atoms with E-state index in [9.17, 15) is 0 Å². The lowest BCUT2D eigenvalue weighted by Gasteiger charge is -2.22. The van der Waals surface area contributed by atoms with Crippen LogP contribution in [0.15, 0.2) is 22.9 Å². The molecule has 0 fully saturated rings. The van der Waals surface area contributed by atoms with Crippen LogP contribution in [-0.2, 0) is 0 Å². The third-order valence-electron chi connectivity index (χ3n) is 1.80. The first-order valence-electron chi connectivity index (χ1n) is 4.42. The number of halogens is 1. The van der Waals surface area contributed by atoms with Gasteiger partial charge in [0.05, 0.1) is 10.2 Å². The fraction of sp³-hybridized carbons (Fsp3) is 0.500. The lowest BCUT2D eigenvalue weighted by atomic mass is 10.2. The summed E-state index contributed by atoms with van der Waals surface area (Å²) in [7, 11) is 2.10. The standard InChI is InChI=1S/C10H15BrN2/c1-8(2)7-13(3)10-4-5-12-6-9(10)11/h4-6,8H,7H2,1-3H3. The molecule has 0 saturated carbocycles. The molecule has 0 aliphatic carbocycles. The summed E-state index contributed by atoms with van der Waals surface area (Å²) in [5.74, 6) is 0.671. The topological polar surface area (TPSA) is 16.1 Å². The van der Waals surface area contributed by atoms with E-state index in [2.05, 4.69) is 46.7 Å². The Hall–Kier alpha value is -0.570. The van der Waals surface area contributed by atoms with Crippen molar-refractivity contribution in [1.82, 2.24) is 4.98 Å².